The van der Waals surface area contributed by atoms with Gasteiger partial charge in [0.2, 0.25) is 0 Å². The number of fused-ring (bicyclic) bond motifs is 1. The van der Waals surface area contributed by atoms with Gasteiger partial charge in [-0.05, 0) is 63.9 Å². The van der Waals surface area contributed by atoms with Gasteiger partial charge in [0, 0.05) is 24.3 Å². The van der Waals surface area contributed by atoms with Crippen LogP contribution in [0.4, 0.5) is 0 Å². The normalized spacial score (nSPS) is 11.8. The number of aromatic nitrogens is 2. The van der Waals surface area contributed by atoms with Gasteiger partial charge in [0.1, 0.15) is 5.75 Å². The summed E-state index contributed by atoms with van der Waals surface area (Å²) in [5.41, 5.74) is 5.34. The summed E-state index contributed by atoms with van der Waals surface area (Å²) in [6, 6.07) is 18.5. The molecule has 4 rings (SSSR count). The summed E-state index contributed by atoms with van der Waals surface area (Å²) < 4.78 is 2.17. The van der Waals surface area contributed by atoms with Crippen LogP contribution in [0.5, 0.6) is 5.75 Å². The van der Waals surface area contributed by atoms with Crippen LogP contribution in [0.25, 0.3) is 27.7 Å². The fraction of sp³-hybridized carbons (Fsp3) is 0.174. The van der Waals surface area contributed by atoms with Crippen molar-refractivity contribution in [2.75, 3.05) is 0 Å². The topological polar surface area (TPSA) is 38.0 Å². The number of aromatic hydroxyl groups is 1. The summed E-state index contributed by atoms with van der Waals surface area (Å²) in [7, 11) is 0. The average Bonchev–Trinajstić information content (AvgIpc) is 3.05. The van der Waals surface area contributed by atoms with Gasteiger partial charge in [-0.15, -0.1) is 0 Å². The lowest BCUT2D eigenvalue weighted by molar-refractivity contribution is 0.447. The van der Waals surface area contributed by atoms with E-state index >= 15 is 0 Å². The minimum Gasteiger partial charge on any atom is -0.508 e. The molecule has 0 saturated carbocycles. The largest absolute Gasteiger partial charge is 0.508 e. The van der Waals surface area contributed by atoms with Crippen LogP contribution in [0.15, 0.2) is 73.2 Å². The molecule has 130 valence electrons. The van der Waals surface area contributed by atoms with Crippen molar-refractivity contribution >= 4 is 10.9 Å². The van der Waals surface area contributed by atoms with Crippen LogP contribution in [0.2, 0.25) is 0 Å². The molecule has 26 heavy (non-hydrogen) atoms. The second-order valence-electron chi connectivity index (χ2n) is 7.65. The lowest BCUT2D eigenvalue weighted by atomic mass is 9.84. The van der Waals surface area contributed by atoms with Crippen molar-refractivity contribution in [2.24, 2.45) is 0 Å². The van der Waals surface area contributed by atoms with Crippen LogP contribution in [-0.2, 0) is 5.41 Å². The van der Waals surface area contributed by atoms with E-state index in [0.717, 1.165) is 27.9 Å². The molecule has 0 aliphatic heterocycles. The van der Waals surface area contributed by atoms with Crippen molar-refractivity contribution in [1.29, 1.82) is 0 Å². The average molecular weight is 342 g/mol. The van der Waals surface area contributed by atoms with Crippen LogP contribution in [-0.4, -0.2) is 14.7 Å². The standard InChI is InChI=1S/C23H22N2O/c1-23(2,3)20-14-17(6-7-22(20)26)18-5-4-16-10-13-25(21(16)15-18)19-8-11-24-12-9-19/h4-15,26H,1-3H3. The maximum atomic E-state index is 10.2. The number of nitrogens with zero attached hydrogens (tertiary/aromatic N) is 2. The first-order valence-electron chi connectivity index (χ1n) is 8.79. The lowest BCUT2D eigenvalue weighted by Gasteiger charge is -2.21. The molecule has 0 amide bonds. The summed E-state index contributed by atoms with van der Waals surface area (Å²) >= 11 is 0. The van der Waals surface area contributed by atoms with Gasteiger partial charge in [0.05, 0.1) is 5.52 Å². The molecule has 2 aromatic carbocycles. The Morgan fingerprint density at radius 1 is 0.846 bits per heavy atom. The van der Waals surface area contributed by atoms with Gasteiger partial charge < -0.3 is 9.67 Å². The van der Waals surface area contributed by atoms with E-state index in [-0.39, 0.29) is 5.41 Å². The smallest absolute Gasteiger partial charge is 0.119 e. The number of phenolic OH excluding ortho intramolecular Hbond substituents is 1. The minimum atomic E-state index is -0.110. The maximum absolute atomic E-state index is 10.2. The van der Waals surface area contributed by atoms with Gasteiger partial charge in [0.25, 0.3) is 0 Å². The fourth-order valence-electron chi connectivity index (χ4n) is 3.35. The number of hydrogen-bond donors (Lipinski definition) is 1. The van der Waals surface area contributed by atoms with Crippen LogP contribution in [0.1, 0.15) is 26.3 Å². The van der Waals surface area contributed by atoms with Crippen LogP contribution < -0.4 is 0 Å². The first-order valence-corrected chi connectivity index (χ1v) is 8.79. The van der Waals surface area contributed by atoms with E-state index in [1.165, 1.54) is 5.39 Å². The predicted molar refractivity (Wildman–Crippen MR) is 107 cm³/mol. The van der Waals surface area contributed by atoms with E-state index in [2.05, 4.69) is 66.9 Å². The molecule has 3 heteroatoms. The molecule has 2 aromatic heterocycles. The van der Waals surface area contributed by atoms with Gasteiger partial charge in [-0.1, -0.05) is 39.0 Å². The van der Waals surface area contributed by atoms with E-state index < -0.39 is 0 Å². The zero-order chi connectivity index (χ0) is 18.3. The SMILES string of the molecule is CC(C)(C)c1cc(-c2ccc3ccn(-c4ccncc4)c3c2)ccc1O. The number of rotatable bonds is 2. The second kappa shape index (κ2) is 6.03. The summed E-state index contributed by atoms with van der Waals surface area (Å²) in [6.45, 7) is 6.34. The highest BCUT2D eigenvalue weighted by atomic mass is 16.3. The Balaban J connectivity index is 1.86. The molecule has 0 unspecified atom stereocenters. The summed E-state index contributed by atoms with van der Waals surface area (Å²) in [4.78, 5) is 4.10. The third-order valence-corrected chi connectivity index (χ3v) is 4.77. The number of hydrogen-bond acceptors (Lipinski definition) is 2. The molecule has 1 N–H and O–H groups in total. The van der Waals surface area contributed by atoms with Gasteiger partial charge in [-0.3, -0.25) is 4.98 Å². The molecule has 0 aliphatic carbocycles. The molecule has 0 spiro atoms. The Morgan fingerprint density at radius 2 is 1.54 bits per heavy atom. The highest BCUT2D eigenvalue weighted by molar-refractivity contribution is 5.87. The van der Waals surface area contributed by atoms with E-state index in [4.69, 9.17) is 0 Å². The first kappa shape index (κ1) is 16.4. The maximum Gasteiger partial charge on any atom is 0.119 e. The predicted octanol–water partition coefficient (Wildman–Crippen LogP) is 5.70. The molecular formula is C23H22N2O. The van der Waals surface area contributed by atoms with Crippen molar-refractivity contribution in [3.63, 3.8) is 0 Å². The molecule has 0 bridgehead atoms. The fourth-order valence-corrected chi connectivity index (χ4v) is 3.35. The molecule has 0 radical (unpaired) electrons. The van der Waals surface area contributed by atoms with E-state index in [1.807, 2.05) is 18.2 Å². The third-order valence-electron chi connectivity index (χ3n) is 4.77. The second-order valence-corrected chi connectivity index (χ2v) is 7.65. The zero-order valence-corrected chi connectivity index (χ0v) is 15.3. The molecule has 0 aliphatic rings. The van der Waals surface area contributed by atoms with Gasteiger partial charge >= 0.3 is 0 Å². The Labute approximate surface area is 153 Å². The lowest BCUT2D eigenvalue weighted by Crippen LogP contribution is -2.11. The Morgan fingerprint density at radius 3 is 2.27 bits per heavy atom. The first-order chi connectivity index (χ1) is 12.4. The molecule has 0 fully saturated rings. The third kappa shape index (κ3) is 2.86. The molecule has 0 saturated heterocycles. The summed E-state index contributed by atoms with van der Waals surface area (Å²) in [5.74, 6) is 0.350. The van der Waals surface area contributed by atoms with E-state index in [0.29, 0.717) is 5.75 Å². The van der Waals surface area contributed by atoms with Gasteiger partial charge in [-0.25, -0.2) is 0 Å². The Bertz CT molecular complexity index is 1070. The van der Waals surface area contributed by atoms with E-state index in [1.54, 1.807) is 18.5 Å². The van der Waals surface area contributed by atoms with Gasteiger partial charge in [-0.2, -0.15) is 0 Å². The van der Waals surface area contributed by atoms with Crippen molar-refractivity contribution in [1.82, 2.24) is 9.55 Å². The summed E-state index contributed by atoms with van der Waals surface area (Å²) in [5, 5.41) is 11.4. The molecular weight excluding hydrogens is 320 g/mol. The number of phenols is 1. The number of pyridine rings is 1. The van der Waals surface area contributed by atoms with Crippen LogP contribution in [0, 0.1) is 0 Å². The molecule has 2 heterocycles. The Hall–Kier alpha value is -3.07. The van der Waals surface area contributed by atoms with E-state index in [9.17, 15) is 5.11 Å². The summed E-state index contributed by atoms with van der Waals surface area (Å²) in [6.07, 6.45) is 5.70. The van der Waals surface area contributed by atoms with Gasteiger partial charge in [0.15, 0.2) is 0 Å². The van der Waals surface area contributed by atoms with Crippen LogP contribution >= 0.6 is 0 Å². The van der Waals surface area contributed by atoms with Crippen molar-refractivity contribution in [3.8, 4) is 22.6 Å². The van der Waals surface area contributed by atoms with Crippen molar-refractivity contribution < 1.29 is 5.11 Å². The van der Waals surface area contributed by atoms with Crippen molar-refractivity contribution in [2.45, 2.75) is 26.2 Å². The highest BCUT2D eigenvalue weighted by Crippen LogP contribution is 2.35. The highest BCUT2D eigenvalue weighted by Gasteiger charge is 2.19. The quantitative estimate of drug-likeness (QED) is 0.508. The molecule has 0 atom stereocenters. The monoisotopic (exact) mass is 342 g/mol. The molecule has 4 aromatic rings. The minimum absolute atomic E-state index is 0.110. The van der Waals surface area contributed by atoms with Crippen molar-refractivity contribution in [3.05, 3.63) is 78.8 Å². The van der Waals surface area contributed by atoms with Crippen LogP contribution in [0.3, 0.4) is 0 Å². The zero-order valence-electron chi connectivity index (χ0n) is 15.3. The number of benzene rings is 2. The molecule has 3 nitrogen and oxygen atoms in total. The Kier molecular flexibility index (Phi) is 3.80.